The van der Waals surface area contributed by atoms with Crippen LogP contribution in [0.4, 0.5) is 11.4 Å². The van der Waals surface area contributed by atoms with E-state index in [1.54, 1.807) is 6.07 Å². The molecule has 0 saturated heterocycles. The van der Waals surface area contributed by atoms with E-state index in [9.17, 15) is 14.9 Å². The number of hydrogen-bond donors (Lipinski definition) is 1. The van der Waals surface area contributed by atoms with E-state index >= 15 is 0 Å². The Morgan fingerprint density at radius 1 is 1.29 bits per heavy atom. The highest BCUT2D eigenvalue weighted by Crippen LogP contribution is 2.24. The van der Waals surface area contributed by atoms with Crippen molar-refractivity contribution in [1.29, 1.82) is 0 Å². The lowest BCUT2D eigenvalue weighted by molar-refractivity contribution is -0.384. The molecule has 0 aliphatic heterocycles. The van der Waals surface area contributed by atoms with E-state index in [0.717, 1.165) is 9.13 Å². The minimum absolute atomic E-state index is 0.123. The summed E-state index contributed by atoms with van der Waals surface area (Å²) < 4.78 is 1.54. The second-order valence-corrected chi connectivity index (χ2v) is 6.36. The zero-order valence-corrected chi connectivity index (χ0v) is 14.6. The third-order valence-electron chi connectivity index (χ3n) is 2.84. The number of non-ortho nitro benzene ring substituents is 1. The summed E-state index contributed by atoms with van der Waals surface area (Å²) in [6, 6.07) is 9.62. The molecular weight excluding hydrogens is 451 g/mol. The number of carbonyl (C=O) groups excluding carboxylic acids is 1. The summed E-state index contributed by atoms with van der Waals surface area (Å²) in [5.41, 5.74) is 1.86. The molecule has 1 amide bonds. The van der Waals surface area contributed by atoms with Crippen molar-refractivity contribution in [2.75, 3.05) is 5.32 Å². The van der Waals surface area contributed by atoms with Crippen LogP contribution in [-0.4, -0.2) is 10.8 Å². The van der Waals surface area contributed by atoms with E-state index in [4.69, 9.17) is 0 Å². The molecule has 0 saturated carbocycles. The van der Waals surface area contributed by atoms with Crippen LogP contribution in [0, 0.1) is 20.6 Å². The van der Waals surface area contributed by atoms with Gasteiger partial charge in [-0.3, -0.25) is 14.9 Å². The SMILES string of the molecule is Cc1ccc(NC(=O)c2cc([N+](=O)[O-])ccc2Br)cc1I. The molecule has 0 aliphatic rings. The van der Waals surface area contributed by atoms with Crippen LogP contribution in [0.1, 0.15) is 15.9 Å². The second-order valence-electron chi connectivity index (χ2n) is 4.34. The van der Waals surface area contributed by atoms with Gasteiger partial charge in [0.2, 0.25) is 0 Å². The van der Waals surface area contributed by atoms with Gasteiger partial charge in [-0.1, -0.05) is 6.07 Å². The maximum atomic E-state index is 12.2. The quantitative estimate of drug-likeness (QED) is 0.415. The van der Waals surface area contributed by atoms with Gasteiger partial charge < -0.3 is 5.32 Å². The fourth-order valence-electron chi connectivity index (χ4n) is 1.67. The first-order valence-electron chi connectivity index (χ1n) is 5.90. The average molecular weight is 461 g/mol. The van der Waals surface area contributed by atoms with Crippen LogP contribution in [0.3, 0.4) is 0 Å². The average Bonchev–Trinajstić information content (AvgIpc) is 2.43. The largest absolute Gasteiger partial charge is 0.322 e. The van der Waals surface area contributed by atoms with E-state index in [1.165, 1.54) is 18.2 Å². The molecule has 0 radical (unpaired) electrons. The van der Waals surface area contributed by atoms with Crippen LogP contribution in [0.2, 0.25) is 0 Å². The van der Waals surface area contributed by atoms with Gasteiger partial charge in [-0.25, -0.2) is 0 Å². The zero-order chi connectivity index (χ0) is 15.6. The molecule has 108 valence electrons. The smallest absolute Gasteiger partial charge is 0.270 e. The fourth-order valence-corrected chi connectivity index (χ4v) is 2.61. The molecule has 0 unspecified atom stereocenters. The highest BCUT2D eigenvalue weighted by molar-refractivity contribution is 14.1. The van der Waals surface area contributed by atoms with E-state index in [2.05, 4.69) is 43.8 Å². The van der Waals surface area contributed by atoms with E-state index in [1.807, 2.05) is 19.1 Å². The lowest BCUT2D eigenvalue weighted by atomic mass is 10.1. The Balaban J connectivity index is 2.29. The highest BCUT2D eigenvalue weighted by Gasteiger charge is 2.15. The number of nitro groups is 1. The molecular formula is C14H10BrIN2O3. The number of anilines is 1. The molecule has 1 N–H and O–H groups in total. The van der Waals surface area contributed by atoms with Gasteiger partial charge in [0.1, 0.15) is 0 Å². The molecule has 2 aromatic rings. The molecule has 0 atom stereocenters. The summed E-state index contributed by atoms with van der Waals surface area (Å²) in [6.07, 6.45) is 0. The van der Waals surface area contributed by atoms with Crippen molar-refractivity contribution in [3.8, 4) is 0 Å². The predicted octanol–water partition coefficient (Wildman–Crippen LogP) is 4.52. The summed E-state index contributed by atoms with van der Waals surface area (Å²) in [7, 11) is 0. The molecule has 0 aromatic heterocycles. The monoisotopic (exact) mass is 460 g/mol. The summed E-state index contributed by atoms with van der Waals surface area (Å²) in [4.78, 5) is 22.5. The molecule has 0 fully saturated rings. The van der Waals surface area contributed by atoms with Crippen LogP contribution < -0.4 is 5.32 Å². The van der Waals surface area contributed by atoms with Crippen molar-refractivity contribution >= 4 is 55.8 Å². The Bertz CT molecular complexity index is 734. The number of nitrogens with zero attached hydrogens (tertiary/aromatic N) is 1. The number of aryl methyl sites for hydroxylation is 1. The predicted molar refractivity (Wildman–Crippen MR) is 92.6 cm³/mol. The Morgan fingerprint density at radius 3 is 2.62 bits per heavy atom. The van der Waals surface area contributed by atoms with Crippen LogP contribution in [0.15, 0.2) is 40.9 Å². The zero-order valence-electron chi connectivity index (χ0n) is 10.9. The number of rotatable bonds is 3. The third kappa shape index (κ3) is 3.79. The molecule has 0 heterocycles. The van der Waals surface area contributed by atoms with Gasteiger partial charge in [0.15, 0.2) is 0 Å². The Kier molecular flexibility index (Phi) is 4.94. The maximum Gasteiger partial charge on any atom is 0.270 e. The molecule has 2 aromatic carbocycles. The first-order valence-corrected chi connectivity index (χ1v) is 7.77. The van der Waals surface area contributed by atoms with Crippen LogP contribution >= 0.6 is 38.5 Å². The van der Waals surface area contributed by atoms with Crippen molar-refractivity contribution in [1.82, 2.24) is 0 Å². The van der Waals surface area contributed by atoms with Crippen molar-refractivity contribution in [2.45, 2.75) is 6.92 Å². The minimum atomic E-state index is -0.530. The number of halogens is 2. The molecule has 21 heavy (non-hydrogen) atoms. The van der Waals surface area contributed by atoms with Crippen LogP contribution in [0.25, 0.3) is 0 Å². The van der Waals surface area contributed by atoms with Gasteiger partial charge in [0, 0.05) is 25.9 Å². The summed E-state index contributed by atoms with van der Waals surface area (Å²) in [5.74, 6) is -0.398. The van der Waals surface area contributed by atoms with Gasteiger partial charge in [0.25, 0.3) is 11.6 Å². The Morgan fingerprint density at radius 2 is 2.00 bits per heavy atom. The molecule has 2 rings (SSSR count). The van der Waals surface area contributed by atoms with E-state index < -0.39 is 10.8 Å². The number of benzene rings is 2. The van der Waals surface area contributed by atoms with Crippen LogP contribution in [0.5, 0.6) is 0 Å². The number of carbonyl (C=O) groups is 1. The highest BCUT2D eigenvalue weighted by atomic mass is 127. The van der Waals surface area contributed by atoms with Crippen LogP contribution in [-0.2, 0) is 0 Å². The first-order chi connectivity index (χ1) is 9.88. The number of nitro benzene ring substituents is 1. The van der Waals surface area contributed by atoms with Crippen molar-refractivity contribution in [3.05, 3.63) is 65.7 Å². The Hall–Kier alpha value is -1.48. The number of nitrogens with one attached hydrogen (secondary N) is 1. The molecule has 0 aliphatic carbocycles. The minimum Gasteiger partial charge on any atom is -0.322 e. The summed E-state index contributed by atoms with van der Waals surface area (Å²) >= 11 is 5.42. The molecule has 0 bridgehead atoms. The molecule has 0 spiro atoms. The van der Waals surface area contributed by atoms with Gasteiger partial charge in [-0.2, -0.15) is 0 Å². The Labute approximate surface area is 143 Å². The van der Waals surface area contributed by atoms with Gasteiger partial charge >= 0.3 is 0 Å². The van der Waals surface area contributed by atoms with Gasteiger partial charge in [-0.05, 0) is 69.2 Å². The lowest BCUT2D eigenvalue weighted by Crippen LogP contribution is -2.13. The summed E-state index contributed by atoms with van der Waals surface area (Å²) in [5, 5.41) is 13.5. The van der Waals surface area contributed by atoms with Crippen molar-refractivity contribution in [2.24, 2.45) is 0 Å². The topological polar surface area (TPSA) is 72.2 Å². The lowest BCUT2D eigenvalue weighted by Gasteiger charge is -2.08. The normalized spacial score (nSPS) is 10.2. The van der Waals surface area contributed by atoms with Gasteiger partial charge in [0.05, 0.1) is 10.5 Å². The number of hydrogen-bond acceptors (Lipinski definition) is 3. The van der Waals surface area contributed by atoms with Crippen molar-refractivity contribution < 1.29 is 9.72 Å². The second kappa shape index (κ2) is 6.52. The number of amides is 1. The maximum absolute atomic E-state index is 12.2. The molecule has 5 nitrogen and oxygen atoms in total. The fraction of sp³-hybridized carbons (Fsp3) is 0.0714. The van der Waals surface area contributed by atoms with E-state index in [0.29, 0.717) is 10.2 Å². The van der Waals surface area contributed by atoms with Crippen molar-refractivity contribution in [3.63, 3.8) is 0 Å². The first kappa shape index (κ1) is 15.9. The van der Waals surface area contributed by atoms with E-state index in [-0.39, 0.29) is 11.3 Å². The summed E-state index contributed by atoms with van der Waals surface area (Å²) in [6.45, 7) is 1.98. The standard InChI is InChI=1S/C14H10BrIN2O3/c1-8-2-3-9(6-13(8)16)17-14(19)11-7-10(18(20)21)4-5-12(11)15/h2-7H,1H3,(H,17,19). The molecule has 7 heteroatoms. The third-order valence-corrected chi connectivity index (χ3v) is 4.69. The van der Waals surface area contributed by atoms with Gasteiger partial charge in [-0.15, -0.1) is 0 Å².